The highest BCUT2D eigenvalue weighted by Crippen LogP contribution is 2.27. The summed E-state index contributed by atoms with van der Waals surface area (Å²) in [7, 11) is 0. The minimum absolute atomic E-state index is 0.0525. The van der Waals surface area contributed by atoms with Gasteiger partial charge in [0.25, 0.3) is 5.91 Å². The van der Waals surface area contributed by atoms with Crippen LogP contribution in [0, 0.1) is 5.92 Å². The largest absolute Gasteiger partial charge is 0.399 e. The summed E-state index contributed by atoms with van der Waals surface area (Å²) in [5.74, 6) is 0.805. The summed E-state index contributed by atoms with van der Waals surface area (Å²) in [5, 5.41) is 7.61. The maximum atomic E-state index is 13.5. The van der Waals surface area contributed by atoms with Gasteiger partial charge in [0.2, 0.25) is 0 Å². The van der Waals surface area contributed by atoms with E-state index in [4.69, 9.17) is 10.5 Å². The van der Waals surface area contributed by atoms with Gasteiger partial charge in [0, 0.05) is 53.5 Å². The average molecular weight is 474 g/mol. The molecule has 0 bridgehead atoms. The van der Waals surface area contributed by atoms with Crippen LogP contribution in [0.5, 0.6) is 0 Å². The van der Waals surface area contributed by atoms with Crippen LogP contribution in [0.1, 0.15) is 44.8 Å². The van der Waals surface area contributed by atoms with Crippen LogP contribution < -0.4 is 10.6 Å². The Labute approximate surface area is 205 Å². The molecule has 3 N–H and O–H groups in total. The van der Waals surface area contributed by atoms with Crippen LogP contribution >= 0.6 is 0 Å². The number of amides is 1. The van der Waals surface area contributed by atoms with Crippen LogP contribution in [0.2, 0.25) is 0 Å². The van der Waals surface area contributed by atoms with E-state index in [-0.39, 0.29) is 17.6 Å². The third-order valence-corrected chi connectivity index (χ3v) is 6.99. The fourth-order valence-electron chi connectivity index (χ4n) is 4.90. The van der Waals surface area contributed by atoms with Crippen LogP contribution in [0.4, 0.5) is 11.5 Å². The number of nitrogens with one attached hydrogen (secondary N) is 1. The topological polar surface area (TPSA) is 105 Å². The number of anilines is 2. The molecule has 8 nitrogen and oxygen atoms in total. The summed E-state index contributed by atoms with van der Waals surface area (Å²) in [6, 6.07) is 16.5. The van der Waals surface area contributed by atoms with Gasteiger partial charge in [-0.15, -0.1) is 0 Å². The maximum absolute atomic E-state index is 13.5. The Kier molecular flexibility index (Phi) is 6.92. The van der Waals surface area contributed by atoms with Gasteiger partial charge in [-0.1, -0.05) is 30.3 Å². The number of aromatic amines is 1. The molecule has 0 atom stereocenters. The number of likely N-dealkylation sites (tertiary alicyclic amines) is 1. The van der Waals surface area contributed by atoms with E-state index in [0.717, 1.165) is 49.2 Å². The first-order valence-corrected chi connectivity index (χ1v) is 12.2. The highest BCUT2D eigenvalue weighted by atomic mass is 16.5. The molecule has 2 aliphatic heterocycles. The molecule has 1 fully saturated rings. The van der Waals surface area contributed by atoms with Gasteiger partial charge in [-0.3, -0.25) is 19.6 Å². The number of carbonyl (C=O) groups excluding carboxylic acids is 2. The number of rotatable bonds is 7. The van der Waals surface area contributed by atoms with Gasteiger partial charge >= 0.3 is 0 Å². The van der Waals surface area contributed by atoms with Crippen molar-refractivity contribution in [2.75, 3.05) is 43.4 Å². The Hall–Kier alpha value is -3.49. The van der Waals surface area contributed by atoms with Crippen molar-refractivity contribution < 1.29 is 14.3 Å². The molecule has 182 valence electrons. The zero-order chi connectivity index (χ0) is 24.2. The lowest BCUT2D eigenvalue weighted by Gasteiger charge is -2.33. The molecule has 5 rings (SSSR count). The predicted molar refractivity (Wildman–Crippen MR) is 134 cm³/mol. The molecule has 1 saturated heterocycles. The minimum atomic E-state index is -0.112. The zero-order valence-corrected chi connectivity index (χ0v) is 19.8. The number of Topliss-reactive ketones (excluding diaryl/α,β-unsaturated/α-hetero) is 1. The number of aromatic nitrogens is 2. The van der Waals surface area contributed by atoms with Crippen molar-refractivity contribution in [1.29, 1.82) is 0 Å². The number of nitrogens with zero attached hydrogens (tertiary/aromatic N) is 3. The first-order valence-electron chi connectivity index (χ1n) is 12.2. The van der Waals surface area contributed by atoms with E-state index in [1.807, 2.05) is 30.3 Å². The molecule has 8 heteroatoms. The van der Waals surface area contributed by atoms with Gasteiger partial charge in [-0.2, -0.15) is 5.10 Å². The summed E-state index contributed by atoms with van der Waals surface area (Å²) in [4.78, 5) is 30.4. The first-order chi connectivity index (χ1) is 17.1. The summed E-state index contributed by atoms with van der Waals surface area (Å²) >= 11 is 0. The molecular weight excluding hydrogens is 442 g/mol. The van der Waals surface area contributed by atoms with Crippen LogP contribution in [0.15, 0.2) is 54.6 Å². The third kappa shape index (κ3) is 5.13. The molecular formula is C27H31N5O3. The monoisotopic (exact) mass is 473 g/mol. The number of ketones is 1. The van der Waals surface area contributed by atoms with E-state index < -0.39 is 0 Å². The molecule has 1 amide bonds. The number of hydrogen-bond acceptors (Lipinski definition) is 6. The maximum Gasteiger partial charge on any atom is 0.259 e. The third-order valence-electron chi connectivity index (χ3n) is 6.99. The van der Waals surface area contributed by atoms with Crippen LogP contribution in [-0.4, -0.2) is 59.6 Å². The van der Waals surface area contributed by atoms with Crippen LogP contribution in [0.3, 0.4) is 0 Å². The van der Waals surface area contributed by atoms with Crippen LogP contribution in [-0.2, 0) is 17.8 Å². The fourth-order valence-corrected chi connectivity index (χ4v) is 4.90. The lowest BCUT2D eigenvalue weighted by atomic mass is 9.89. The molecule has 3 aromatic rings. The second-order valence-electron chi connectivity index (χ2n) is 9.23. The summed E-state index contributed by atoms with van der Waals surface area (Å²) in [6.45, 7) is 3.95. The number of H-pyrrole nitrogens is 1. The van der Waals surface area contributed by atoms with Gasteiger partial charge in [0.1, 0.15) is 0 Å². The van der Waals surface area contributed by atoms with E-state index in [2.05, 4.69) is 15.1 Å². The summed E-state index contributed by atoms with van der Waals surface area (Å²) in [5.41, 5.74) is 9.78. The van der Waals surface area contributed by atoms with Crippen molar-refractivity contribution in [1.82, 2.24) is 15.1 Å². The molecule has 0 spiro atoms. The van der Waals surface area contributed by atoms with Gasteiger partial charge in [0.05, 0.1) is 13.2 Å². The van der Waals surface area contributed by atoms with Crippen molar-refractivity contribution in [3.8, 4) is 0 Å². The molecule has 1 aromatic heterocycles. The fraction of sp³-hybridized carbons (Fsp3) is 0.370. The highest BCUT2D eigenvalue weighted by molar-refractivity contribution is 6.06. The van der Waals surface area contributed by atoms with Crippen LogP contribution in [0.25, 0.3) is 0 Å². The number of nitrogen functional groups attached to an aromatic ring is 1. The van der Waals surface area contributed by atoms with Crippen molar-refractivity contribution in [2.45, 2.75) is 25.9 Å². The molecule has 0 radical (unpaired) electrons. The number of carbonyl (C=O) groups is 2. The highest BCUT2D eigenvalue weighted by Gasteiger charge is 2.29. The molecule has 2 aromatic carbocycles. The van der Waals surface area contributed by atoms with E-state index in [0.29, 0.717) is 43.4 Å². The number of benzene rings is 2. The standard InChI is InChI=1S/C27H31N5O3/c28-22-8-6-21(7-9-22)27(34)32(26-23-18-35-17-12-24(23)29-30-26)16-15-31-13-10-20(11-14-31)25(33)19-4-2-1-3-5-19/h1-9,20H,10-18,28H2,(H,29,30). The van der Waals surface area contributed by atoms with Gasteiger partial charge in [-0.05, 0) is 50.2 Å². The lowest BCUT2D eigenvalue weighted by Crippen LogP contribution is -2.43. The smallest absolute Gasteiger partial charge is 0.259 e. The second kappa shape index (κ2) is 10.4. The second-order valence-corrected chi connectivity index (χ2v) is 9.23. The number of fused-ring (bicyclic) bond motifs is 1. The average Bonchev–Trinajstić information content (AvgIpc) is 3.33. The van der Waals surface area contributed by atoms with Crippen molar-refractivity contribution in [3.63, 3.8) is 0 Å². The van der Waals surface area contributed by atoms with E-state index in [1.165, 1.54) is 0 Å². The number of hydrogen-bond donors (Lipinski definition) is 2. The van der Waals surface area contributed by atoms with Crippen molar-refractivity contribution in [2.24, 2.45) is 5.92 Å². The van der Waals surface area contributed by atoms with Gasteiger partial charge < -0.3 is 15.4 Å². The Bertz CT molecular complexity index is 1170. The number of ether oxygens (including phenoxy) is 1. The Balaban J connectivity index is 1.27. The molecule has 0 saturated carbocycles. The zero-order valence-electron chi connectivity index (χ0n) is 19.8. The van der Waals surface area contributed by atoms with E-state index in [1.54, 1.807) is 29.2 Å². The van der Waals surface area contributed by atoms with E-state index >= 15 is 0 Å². The molecule has 35 heavy (non-hydrogen) atoms. The van der Waals surface area contributed by atoms with Crippen molar-refractivity contribution >= 4 is 23.2 Å². The van der Waals surface area contributed by atoms with Gasteiger partial charge in [0.15, 0.2) is 11.6 Å². The molecule has 0 aliphatic carbocycles. The number of piperidine rings is 1. The molecule has 3 heterocycles. The van der Waals surface area contributed by atoms with E-state index in [9.17, 15) is 9.59 Å². The van der Waals surface area contributed by atoms with Gasteiger partial charge in [-0.25, -0.2) is 0 Å². The quantitative estimate of drug-likeness (QED) is 0.403. The Morgan fingerprint density at radius 3 is 2.54 bits per heavy atom. The number of nitrogens with two attached hydrogens (primary N) is 1. The Morgan fingerprint density at radius 1 is 1.06 bits per heavy atom. The molecule has 0 unspecified atom stereocenters. The van der Waals surface area contributed by atoms with Crippen molar-refractivity contribution in [3.05, 3.63) is 77.0 Å². The normalized spacial score (nSPS) is 16.6. The summed E-state index contributed by atoms with van der Waals surface area (Å²) in [6.07, 6.45) is 2.41. The minimum Gasteiger partial charge on any atom is -0.399 e. The molecule has 2 aliphatic rings. The summed E-state index contributed by atoms with van der Waals surface area (Å²) < 4.78 is 5.65. The first kappa shape index (κ1) is 23.3. The lowest BCUT2D eigenvalue weighted by molar-refractivity contribution is 0.0841. The Morgan fingerprint density at radius 2 is 1.80 bits per heavy atom. The predicted octanol–water partition coefficient (Wildman–Crippen LogP) is 3.31. The SMILES string of the molecule is Nc1ccc(C(=O)N(CCN2CCC(C(=O)c3ccccc3)CC2)c2n[nH]c3c2COCC3)cc1.